The first kappa shape index (κ1) is 12.1. The summed E-state index contributed by atoms with van der Waals surface area (Å²) >= 11 is 1.73. The molecule has 3 heteroatoms. The van der Waals surface area contributed by atoms with Crippen molar-refractivity contribution < 1.29 is 5.11 Å². The molecule has 0 saturated heterocycles. The van der Waals surface area contributed by atoms with Gasteiger partial charge in [-0.15, -0.1) is 11.3 Å². The molecule has 0 radical (unpaired) electrons. The third-order valence-electron chi connectivity index (χ3n) is 3.68. The summed E-state index contributed by atoms with van der Waals surface area (Å²) in [5, 5.41) is 12.7. The van der Waals surface area contributed by atoms with Gasteiger partial charge in [0.15, 0.2) is 0 Å². The molecule has 0 aromatic carbocycles. The molecule has 1 aliphatic rings. The summed E-state index contributed by atoms with van der Waals surface area (Å²) in [5.41, 5.74) is 0.846. The fraction of sp³-hybridized carbons (Fsp3) is 0.769. The molecule has 90 valence electrons. The number of nitrogens with zero attached hydrogens (tertiary/aromatic N) is 1. The van der Waals surface area contributed by atoms with E-state index in [2.05, 4.69) is 11.9 Å². The Morgan fingerprint density at radius 3 is 3.00 bits per heavy atom. The van der Waals surface area contributed by atoms with Gasteiger partial charge in [-0.3, -0.25) is 0 Å². The minimum absolute atomic E-state index is 0.421. The van der Waals surface area contributed by atoms with E-state index in [0.29, 0.717) is 5.92 Å². The smallest absolute Gasteiger partial charge is 0.0960 e. The lowest BCUT2D eigenvalue weighted by atomic mass is 9.80. The van der Waals surface area contributed by atoms with Gasteiger partial charge in [-0.1, -0.05) is 26.2 Å². The fourth-order valence-electron chi connectivity index (χ4n) is 2.57. The summed E-state index contributed by atoms with van der Waals surface area (Å²) in [5.74, 6) is 1.54. The Morgan fingerprint density at radius 2 is 2.38 bits per heavy atom. The average Bonchev–Trinajstić information content (AvgIpc) is 2.78. The number of hydrogen-bond acceptors (Lipinski definition) is 3. The molecule has 0 bridgehead atoms. The predicted molar refractivity (Wildman–Crippen MR) is 67.7 cm³/mol. The topological polar surface area (TPSA) is 33.1 Å². The van der Waals surface area contributed by atoms with Crippen molar-refractivity contribution in [3.05, 3.63) is 16.1 Å². The lowest BCUT2D eigenvalue weighted by molar-refractivity contribution is 0.194. The molecule has 0 amide bonds. The van der Waals surface area contributed by atoms with Crippen molar-refractivity contribution in [3.63, 3.8) is 0 Å². The van der Waals surface area contributed by atoms with Crippen molar-refractivity contribution in [1.82, 2.24) is 4.98 Å². The summed E-state index contributed by atoms with van der Waals surface area (Å²) < 4.78 is 0. The molecule has 1 aliphatic carbocycles. The van der Waals surface area contributed by atoms with E-state index in [9.17, 15) is 5.11 Å². The summed E-state index contributed by atoms with van der Waals surface area (Å²) in [7, 11) is 0. The van der Waals surface area contributed by atoms with Crippen LogP contribution in [0.1, 0.15) is 68.7 Å². The Hall–Kier alpha value is -0.410. The number of aliphatic hydroxyl groups is 1. The molecule has 1 aromatic heterocycles. The Kier molecular flexibility index (Phi) is 3.98. The minimum atomic E-state index is -0.421. The van der Waals surface area contributed by atoms with Crippen molar-refractivity contribution >= 4 is 11.3 Å². The number of aromatic nitrogens is 1. The Morgan fingerprint density at radius 1 is 1.56 bits per heavy atom. The van der Waals surface area contributed by atoms with Gasteiger partial charge in [0.1, 0.15) is 0 Å². The molecule has 1 aromatic rings. The highest BCUT2D eigenvalue weighted by Crippen LogP contribution is 2.38. The molecule has 1 N–H and O–H groups in total. The van der Waals surface area contributed by atoms with E-state index in [0.717, 1.165) is 11.6 Å². The summed E-state index contributed by atoms with van der Waals surface area (Å²) in [6.07, 6.45) is 6.18. The maximum atomic E-state index is 9.48. The van der Waals surface area contributed by atoms with Crippen LogP contribution in [0.4, 0.5) is 0 Å². The summed E-state index contributed by atoms with van der Waals surface area (Å²) in [6, 6.07) is 0. The first-order chi connectivity index (χ1) is 7.70. The van der Waals surface area contributed by atoms with Crippen molar-refractivity contribution in [2.24, 2.45) is 5.92 Å². The molecule has 0 aliphatic heterocycles. The highest BCUT2D eigenvalue weighted by atomic mass is 32.1. The van der Waals surface area contributed by atoms with Gasteiger partial charge in [-0.25, -0.2) is 4.98 Å². The van der Waals surface area contributed by atoms with Crippen molar-refractivity contribution in [3.8, 4) is 0 Å². The summed E-state index contributed by atoms with van der Waals surface area (Å²) in [6.45, 7) is 4.07. The van der Waals surface area contributed by atoms with Gasteiger partial charge in [-0.05, 0) is 25.7 Å². The monoisotopic (exact) mass is 239 g/mol. The van der Waals surface area contributed by atoms with Gasteiger partial charge < -0.3 is 5.11 Å². The van der Waals surface area contributed by atoms with E-state index in [1.165, 1.54) is 37.1 Å². The van der Waals surface area contributed by atoms with E-state index in [-0.39, 0.29) is 0 Å². The van der Waals surface area contributed by atoms with Crippen molar-refractivity contribution in [2.75, 3.05) is 0 Å². The van der Waals surface area contributed by atoms with E-state index in [1.54, 1.807) is 18.3 Å². The average molecular weight is 239 g/mol. The number of rotatable bonds is 3. The normalized spacial score (nSPS) is 27.9. The SMILES string of the molecule is CCC1CCCC(c2nc(C(C)O)cs2)C1. The van der Waals surface area contributed by atoms with Crippen LogP contribution in [0.2, 0.25) is 0 Å². The number of thiazole rings is 1. The van der Waals surface area contributed by atoms with E-state index in [1.807, 2.05) is 5.38 Å². The van der Waals surface area contributed by atoms with Gasteiger partial charge in [0.2, 0.25) is 0 Å². The van der Waals surface area contributed by atoms with Crippen LogP contribution in [0.5, 0.6) is 0 Å². The quantitative estimate of drug-likeness (QED) is 0.868. The highest BCUT2D eigenvalue weighted by Gasteiger charge is 2.24. The molecular formula is C13H21NOS. The first-order valence-electron chi connectivity index (χ1n) is 6.34. The van der Waals surface area contributed by atoms with Crippen LogP contribution in [-0.4, -0.2) is 10.1 Å². The molecule has 1 heterocycles. The van der Waals surface area contributed by atoms with Crippen LogP contribution in [0, 0.1) is 5.92 Å². The minimum Gasteiger partial charge on any atom is -0.387 e. The Bertz CT molecular complexity index is 334. The molecule has 2 rings (SSSR count). The maximum absolute atomic E-state index is 9.48. The van der Waals surface area contributed by atoms with Crippen LogP contribution in [0.15, 0.2) is 5.38 Å². The molecule has 0 spiro atoms. The lowest BCUT2D eigenvalue weighted by Crippen LogP contribution is -2.13. The second-order valence-corrected chi connectivity index (χ2v) is 5.81. The van der Waals surface area contributed by atoms with E-state index in [4.69, 9.17) is 0 Å². The predicted octanol–water partition coefficient (Wildman–Crippen LogP) is 3.88. The molecule has 3 unspecified atom stereocenters. The molecule has 2 nitrogen and oxygen atoms in total. The maximum Gasteiger partial charge on any atom is 0.0960 e. The summed E-state index contributed by atoms with van der Waals surface area (Å²) in [4.78, 5) is 4.57. The number of aliphatic hydroxyl groups excluding tert-OH is 1. The largest absolute Gasteiger partial charge is 0.387 e. The third kappa shape index (κ3) is 2.64. The van der Waals surface area contributed by atoms with Crippen LogP contribution < -0.4 is 0 Å². The lowest BCUT2D eigenvalue weighted by Gasteiger charge is -2.26. The van der Waals surface area contributed by atoms with Gasteiger partial charge in [0.25, 0.3) is 0 Å². The third-order valence-corrected chi connectivity index (χ3v) is 4.70. The highest BCUT2D eigenvalue weighted by molar-refractivity contribution is 7.09. The van der Waals surface area contributed by atoms with Gasteiger partial charge in [-0.2, -0.15) is 0 Å². The zero-order chi connectivity index (χ0) is 11.5. The van der Waals surface area contributed by atoms with Gasteiger partial charge in [0, 0.05) is 11.3 Å². The van der Waals surface area contributed by atoms with E-state index < -0.39 is 6.10 Å². The molecule has 1 fully saturated rings. The number of hydrogen-bond donors (Lipinski definition) is 1. The second kappa shape index (κ2) is 5.28. The molecule has 3 atom stereocenters. The zero-order valence-electron chi connectivity index (χ0n) is 10.1. The van der Waals surface area contributed by atoms with Crippen LogP contribution >= 0.6 is 11.3 Å². The molecule has 16 heavy (non-hydrogen) atoms. The standard InChI is InChI=1S/C13H21NOS/c1-3-10-5-4-6-11(7-10)13-14-12(8-16-13)9(2)15/h8-11,15H,3-7H2,1-2H3. The zero-order valence-corrected chi connectivity index (χ0v) is 11.0. The van der Waals surface area contributed by atoms with Gasteiger partial charge >= 0.3 is 0 Å². The van der Waals surface area contributed by atoms with Crippen LogP contribution in [0.3, 0.4) is 0 Å². The Balaban J connectivity index is 2.05. The fourth-order valence-corrected chi connectivity index (χ4v) is 3.62. The van der Waals surface area contributed by atoms with Crippen LogP contribution in [-0.2, 0) is 0 Å². The van der Waals surface area contributed by atoms with Crippen molar-refractivity contribution in [1.29, 1.82) is 0 Å². The van der Waals surface area contributed by atoms with E-state index >= 15 is 0 Å². The molecule has 1 saturated carbocycles. The second-order valence-electron chi connectivity index (χ2n) is 4.92. The van der Waals surface area contributed by atoms with Crippen molar-refractivity contribution in [2.45, 2.75) is 58.0 Å². The van der Waals surface area contributed by atoms with Gasteiger partial charge in [0.05, 0.1) is 16.8 Å². The Labute approximate surface area is 102 Å². The van der Waals surface area contributed by atoms with Crippen LogP contribution in [0.25, 0.3) is 0 Å². The first-order valence-corrected chi connectivity index (χ1v) is 7.22. The molecular weight excluding hydrogens is 218 g/mol.